The first-order chi connectivity index (χ1) is 12.2. The molecule has 1 amide bonds. The summed E-state index contributed by atoms with van der Waals surface area (Å²) in [4.78, 5) is 21.5. The molecule has 6 nitrogen and oxygen atoms in total. The first kappa shape index (κ1) is 18.1. The average molecular weight is 346 g/mol. The Hall–Kier alpha value is -1.66. The van der Waals surface area contributed by atoms with Crippen molar-refractivity contribution in [2.75, 3.05) is 38.7 Å². The van der Waals surface area contributed by atoms with E-state index in [2.05, 4.69) is 26.2 Å². The molecule has 25 heavy (non-hydrogen) atoms. The Morgan fingerprint density at radius 1 is 1.32 bits per heavy atom. The summed E-state index contributed by atoms with van der Waals surface area (Å²) >= 11 is 0. The molecule has 0 spiro atoms. The molecule has 0 unspecified atom stereocenters. The van der Waals surface area contributed by atoms with Crippen LogP contribution >= 0.6 is 0 Å². The maximum Gasteiger partial charge on any atom is 0.237 e. The minimum absolute atomic E-state index is 0.0789. The summed E-state index contributed by atoms with van der Waals surface area (Å²) < 4.78 is 5.38. The van der Waals surface area contributed by atoms with Crippen molar-refractivity contribution in [1.29, 1.82) is 0 Å². The molecule has 138 valence electrons. The molecular formula is C19H30N4O2. The van der Waals surface area contributed by atoms with Gasteiger partial charge in [-0.25, -0.2) is 4.98 Å². The fourth-order valence-electron chi connectivity index (χ4n) is 3.78. The van der Waals surface area contributed by atoms with Crippen LogP contribution in [0.5, 0.6) is 0 Å². The lowest BCUT2D eigenvalue weighted by Crippen LogP contribution is -2.41. The number of amides is 1. The molecular weight excluding hydrogens is 316 g/mol. The van der Waals surface area contributed by atoms with Crippen molar-refractivity contribution in [3.05, 3.63) is 23.9 Å². The second-order valence-corrected chi connectivity index (χ2v) is 7.19. The Balaban J connectivity index is 1.56. The van der Waals surface area contributed by atoms with Crippen LogP contribution in [-0.4, -0.2) is 61.7 Å². The molecule has 1 aromatic rings. The van der Waals surface area contributed by atoms with E-state index >= 15 is 0 Å². The number of likely N-dealkylation sites (tertiary alicyclic amines) is 1. The number of carbonyl (C=O) groups excluding carboxylic acids is 1. The zero-order chi connectivity index (χ0) is 17.6. The molecule has 2 atom stereocenters. The van der Waals surface area contributed by atoms with Crippen LogP contribution < -0.4 is 10.2 Å². The lowest BCUT2D eigenvalue weighted by atomic mass is 10.1. The van der Waals surface area contributed by atoms with Gasteiger partial charge in [0.2, 0.25) is 5.91 Å². The van der Waals surface area contributed by atoms with Crippen LogP contribution in [0.3, 0.4) is 0 Å². The number of pyridine rings is 1. The molecule has 0 aliphatic carbocycles. The Morgan fingerprint density at radius 2 is 2.08 bits per heavy atom. The Kier molecular flexibility index (Phi) is 6.26. The monoisotopic (exact) mass is 346 g/mol. The summed E-state index contributed by atoms with van der Waals surface area (Å²) in [5.41, 5.74) is 1.10. The number of ether oxygens (including phenoxy) is 1. The van der Waals surface area contributed by atoms with Crippen molar-refractivity contribution in [1.82, 2.24) is 15.2 Å². The number of nitrogens with one attached hydrogen (secondary N) is 1. The summed E-state index contributed by atoms with van der Waals surface area (Å²) in [5.74, 6) is 1.11. The van der Waals surface area contributed by atoms with Crippen molar-refractivity contribution in [3.63, 3.8) is 0 Å². The number of hydrogen-bond donors (Lipinski definition) is 1. The zero-order valence-corrected chi connectivity index (χ0v) is 15.4. The minimum Gasteiger partial charge on any atom is -0.380 e. The van der Waals surface area contributed by atoms with E-state index in [9.17, 15) is 4.79 Å². The highest BCUT2D eigenvalue weighted by Gasteiger charge is 2.34. The lowest BCUT2D eigenvalue weighted by molar-refractivity contribution is -0.125. The van der Waals surface area contributed by atoms with Gasteiger partial charge < -0.3 is 15.0 Å². The largest absolute Gasteiger partial charge is 0.380 e. The molecule has 0 aromatic carbocycles. The number of aromatic nitrogens is 1. The summed E-state index contributed by atoms with van der Waals surface area (Å²) in [6.45, 7) is 3.51. The normalized spacial score (nSPS) is 25.0. The van der Waals surface area contributed by atoms with Gasteiger partial charge in [-0.1, -0.05) is 12.8 Å². The second-order valence-electron chi connectivity index (χ2n) is 7.19. The third kappa shape index (κ3) is 4.70. The molecule has 2 saturated heterocycles. The Labute approximate surface area is 150 Å². The maximum absolute atomic E-state index is 12.5. The lowest BCUT2D eigenvalue weighted by Gasteiger charge is -2.22. The third-order valence-corrected chi connectivity index (χ3v) is 5.35. The highest BCUT2D eigenvalue weighted by molar-refractivity contribution is 5.82. The average Bonchev–Trinajstić information content (AvgIpc) is 2.84. The van der Waals surface area contributed by atoms with Gasteiger partial charge in [0, 0.05) is 39.5 Å². The Morgan fingerprint density at radius 3 is 2.76 bits per heavy atom. The van der Waals surface area contributed by atoms with Crippen LogP contribution in [0.4, 0.5) is 5.82 Å². The van der Waals surface area contributed by atoms with Gasteiger partial charge in [0.05, 0.1) is 12.1 Å². The molecule has 0 saturated carbocycles. The van der Waals surface area contributed by atoms with Crippen molar-refractivity contribution in [3.8, 4) is 0 Å². The smallest absolute Gasteiger partial charge is 0.237 e. The molecule has 2 aliphatic heterocycles. The van der Waals surface area contributed by atoms with Crippen LogP contribution in [0.15, 0.2) is 18.3 Å². The number of likely N-dealkylation sites (N-methyl/N-ethyl adjacent to an activating group) is 1. The SMILES string of the molecule is CO[C@H]1C[C@@H](C(=O)NCc2ccnc(N3CCCCCC3)c2)N(C)C1. The summed E-state index contributed by atoms with van der Waals surface area (Å²) in [6.07, 6.45) is 7.84. The van der Waals surface area contributed by atoms with E-state index in [1.807, 2.05) is 19.3 Å². The van der Waals surface area contributed by atoms with Crippen LogP contribution in [0.2, 0.25) is 0 Å². The van der Waals surface area contributed by atoms with E-state index in [0.717, 1.165) is 37.4 Å². The number of rotatable bonds is 5. The summed E-state index contributed by atoms with van der Waals surface area (Å²) in [5, 5.41) is 3.08. The third-order valence-electron chi connectivity index (χ3n) is 5.35. The topological polar surface area (TPSA) is 57.7 Å². The molecule has 1 aromatic heterocycles. The maximum atomic E-state index is 12.5. The van der Waals surface area contributed by atoms with Gasteiger partial charge in [-0.3, -0.25) is 9.69 Å². The van der Waals surface area contributed by atoms with Crippen molar-refractivity contribution < 1.29 is 9.53 Å². The molecule has 3 heterocycles. The predicted molar refractivity (Wildman–Crippen MR) is 98.6 cm³/mol. The van der Waals surface area contributed by atoms with Crippen LogP contribution in [0.25, 0.3) is 0 Å². The van der Waals surface area contributed by atoms with Crippen molar-refractivity contribution >= 4 is 11.7 Å². The summed E-state index contributed by atoms with van der Waals surface area (Å²) in [6, 6.07) is 4.00. The van der Waals surface area contributed by atoms with Gasteiger partial charge in [-0.15, -0.1) is 0 Å². The van der Waals surface area contributed by atoms with Gasteiger partial charge >= 0.3 is 0 Å². The van der Waals surface area contributed by atoms with E-state index in [4.69, 9.17) is 4.74 Å². The van der Waals surface area contributed by atoms with Crippen LogP contribution in [0.1, 0.15) is 37.7 Å². The van der Waals surface area contributed by atoms with Gasteiger partial charge in [0.1, 0.15) is 5.82 Å². The molecule has 1 N–H and O–H groups in total. The van der Waals surface area contributed by atoms with Crippen molar-refractivity contribution in [2.45, 2.75) is 50.8 Å². The number of hydrogen-bond acceptors (Lipinski definition) is 5. The zero-order valence-electron chi connectivity index (χ0n) is 15.4. The van der Waals surface area contributed by atoms with Gasteiger partial charge in [-0.2, -0.15) is 0 Å². The predicted octanol–water partition coefficient (Wildman–Crippen LogP) is 1.80. The Bertz CT molecular complexity index is 572. The van der Waals surface area contributed by atoms with Gasteiger partial charge in [0.25, 0.3) is 0 Å². The van der Waals surface area contributed by atoms with E-state index < -0.39 is 0 Å². The van der Waals surface area contributed by atoms with E-state index in [-0.39, 0.29) is 18.1 Å². The van der Waals surface area contributed by atoms with Crippen molar-refractivity contribution in [2.24, 2.45) is 0 Å². The van der Waals surface area contributed by atoms with E-state index in [1.165, 1.54) is 25.7 Å². The molecule has 0 radical (unpaired) electrons. The van der Waals surface area contributed by atoms with Gasteiger partial charge in [-0.05, 0) is 44.0 Å². The fourth-order valence-corrected chi connectivity index (χ4v) is 3.78. The van der Waals surface area contributed by atoms with Crippen LogP contribution in [-0.2, 0) is 16.1 Å². The minimum atomic E-state index is -0.100. The molecule has 2 aliphatic rings. The highest BCUT2D eigenvalue weighted by Crippen LogP contribution is 2.20. The summed E-state index contributed by atoms with van der Waals surface area (Å²) in [7, 11) is 3.69. The van der Waals surface area contributed by atoms with E-state index in [0.29, 0.717) is 6.54 Å². The van der Waals surface area contributed by atoms with Crippen LogP contribution in [0, 0.1) is 0 Å². The van der Waals surface area contributed by atoms with Gasteiger partial charge in [0.15, 0.2) is 0 Å². The molecule has 0 bridgehead atoms. The second kappa shape index (κ2) is 8.63. The number of anilines is 1. The number of methoxy groups -OCH3 is 1. The molecule has 6 heteroatoms. The fraction of sp³-hybridized carbons (Fsp3) is 0.684. The first-order valence-corrected chi connectivity index (χ1v) is 9.38. The highest BCUT2D eigenvalue weighted by atomic mass is 16.5. The first-order valence-electron chi connectivity index (χ1n) is 9.38. The number of carbonyl (C=O) groups is 1. The quantitative estimate of drug-likeness (QED) is 0.881. The molecule has 2 fully saturated rings. The number of nitrogens with zero attached hydrogens (tertiary/aromatic N) is 3. The molecule has 3 rings (SSSR count). The standard InChI is InChI=1S/C19H30N4O2/c1-22-14-16(25-2)12-17(22)19(24)21-13-15-7-8-20-18(11-15)23-9-5-3-4-6-10-23/h7-8,11,16-17H,3-6,9-10,12-14H2,1-2H3,(H,21,24)/t16-,17-/m0/s1. The van der Waals surface area contributed by atoms with E-state index in [1.54, 1.807) is 7.11 Å².